The average molecular weight is 461 g/mol. The maximum atomic E-state index is 13.7. The van der Waals surface area contributed by atoms with E-state index in [1.165, 1.54) is 6.07 Å². The molecule has 0 saturated carbocycles. The van der Waals surface area contributed by atoms with Crippen molar-refractivity contribution in [1.29, 1.82) is 0 Å². The van der Waals surface area contributed by atoms with E-state index < -0.39 is 11.7 Å². The molecule has 0 aliphatic carbocycles. The fraction of sp³-hybridized carbons (Fsp3) is 0.400. The molecular weight excluding hydrogens is 435 g/mol. The van der Waals surface area contributed by atoms with Gasteiger partial charge in [-0.25, -0.2) is 0 Å². The lowest BCUT2D eigenvalue weighted by Crippen LogP contribution is -2.13. The number of hydrogen-bond donors (Lipinski definition) is 1. The first-order valence-corrected chi connectivity index (χ1v) is 11.0. The summed E-state index contributed by atoms with van der Waals surface area (Å²) < 4.78 is 57.0. The molecule has 1 aliphatic heterocycles. The van der Waals surface area contributed by atoms with E-state index in [0.29, 0.717) is 44.0 Å². The number of aromatic nitrogens is 1. The summed E-state index contributed by atoms with van der Waals surface area (Å²) in [5.74, 6) is 0.0794. The second-order valence-electron chi connectivity index (χ2n) is 8.12. The molecule has 1 N–H and O–H groups in total. The normalized spacial score (nSPS) is 16.3. The number of nitrogens with one attached hydrogen (secondary N) is 1. The number of benzene rings is 2. The van der Waals surface area contributed by atoms with Crippen molar-refractivity contribution in [1.82, 2.24) is 4.98 Å². The Balaban J connectivity index is 1.44. The quantitative estimate of drug-likeness (QED) is 0.433. The Hall–Kier alpha value is -3.00. The van der Waals surface area contributed by atoms with E-state index in [4.69, 9.17) is 14.2 Å². The topological polar surface area (TPSA) is 60.6 Å². The summed E-state index contributed by atoms with van der Waals surface area (Å²) in [6.45, 7) is 2.95. The molecule has 8 heteroatoms. The molecule has 3 aromatic rings. The van der Waals surface area contributed by atoms with Gasteiger partial charge in [-0.15, -0.1) is 0 Å². The van der Waals surface area contributed by atoms with E-state index in [2.05, 4.69) is 4.98 Å². The van der Waals surface area contributed by atoms with Crippen LogP contribution >= 0.6 is 0 Å². The first-order chi connectivity index (χ1) is 15.8. The average Bonchev–Trinajstić information content (AvgIpc) is 3.45. The van der Waals surface area contributed by atoms with Crippen molar-refractivity contribution < 1.29 is 32.2 Å². The van der Waals surface area contributed by atoms with Crippen molar-refractivity contribution in [3.8, 4) is 5.75 Å². The van der Waals surface area contributed by atoms with Crippen LogP contribution in [-0.2, 0) is 33.5 Å². The van der Waals surface area contributed by atoms with Gasteiger partial charge in [0.2, 0.25) is 0 Å². The van der Waals surface area contributed by atoms with Gasteiger partial charge in [-0.1, -0.05) is 12.1 Å². The van der Waals surface area contributed by atoms with Crippen LogP contribution in [0.15, 0.2) is 42.5 Å². The first-order valence-electron chi connectivity index (χ1n) is 11.0. The van der Waals surface area contributed by atoms with Gasteiger partial charge in [0.1, 0.15) is 12.4 Å². The van der Waals surface area contributed by atoms with Crippen molar-refractivity contribution in [3.05, 3.63) is 64.8 Å². The number of H-pyrrole nitrogens is 1. The Bertz CT molecular complexity index is 1120. The number of halogens is 3. The van der Waals surface area contributed by atoms with Crippen LogP contribution in [0.5, 0.6) is 5.75 Å². The van der Waals surface area contributed by atoms with Crippen molar-refractivity contribution >= 4 is 16.9 Å². The fourth-order valence-corrected chi connectivity index (χ4v) is 4.11. The Kier molecular flexibility index (Phi) is 6.93. The van der Waals surface area contributed by atoms with E-state index in [9.17, 15) is 18.0 Å². The summed E-state index contributed by atoms with van der Waals surface area (Å²) >= 11 is 0. The standard InChI is InChI=1S/C25H26F3NO4/c1-2-32-24(30)8-4-19-12-18-13-20(5-7-23(18)29-19)33-14-16-3-6-21(17-9-10-31-15-17)22(11-16)25(26,27)28/h3,5-7,11-13,17,29H,2,4,8-10,14-15H2,1H3. The molecule has 0 radical (unpaired) electrons. The third kappa shape index (κ3) is 5.68. The predicted molar refractivity (Wildman–Crippen MR) is 117 cm³/mol. The van der Waals surface area contributed by atoms with Crippen LogP contribution in [0, 0.1) is 0 Å². The molecule has 2 heterocycles. The molecule has 176 valence electrons. The van der Waals surface area contributed by atoms with Crippen LogP contribution in [0.4, 0.5) is 13.2 Å². The number of fused-ring (bicyclic) bond motifs is 1. The van der Waals surface area contributed by atoms with E-state index in [-0.39, 0.29) is 30.5 Å². The maximum Gasteiger partial charge on any atom is 0.416 e. The molecule has 4 rings (SSSR count). The molecule has 0 amide bonds. The summed E-state index contributed by atoms with van der Waals surface area (Å²) in [5.41, 5.74) is 1.91. The molecule has 0 bridgehead atoms. The second kappa shape index (κ2) is 9.87. The third-order valence-corrected chi connectivity index (χ3v) is 5.75. The number of ether oxygens (including phenoxy) is 3. The van der Waals surface area contributed by atoms with Crippen LogP contribution in [0.2, 0.25) is 0 Å². The Morgan fingerprint density at radius 3 is 2.76 bits per heavy atom. The van der Waals surface area contributed by atoms with Crippen LogP contribution < -0.4 is 4.74 Å². The van der Waals surface area contributed by atoms with Gasteiger partial charge in [0.25, 0.3) is 0 Å². The number of carbonyl (C=O) groups is 1. The van der Waals surface area contributed by atoms with Crippen molar-refractivity contribution in [2.24, 2.45) is 0 Å². The van der Waals surface area contributed by atoms with Crippen LogP contribution in [0.1, 0.15) is 48.1 Å². The molecule has 1 fully saturated rings. The van der Waals surface area contributed by atoms with Gasteiger partial charge in [0.05, 0.1) is 25.2 Å². The molecule has 1 aromatic heterocycles. The summed E-state index contributed by atoms with van der Waals surface area (Å²) in [7, 11) is 0. The van der Waals surface area contributed by atoms with Crippen molar-refractivity contribution in [3.63, 3.8) is 0 Å². The monoisotopic (exact) mass is 461 g/mol. The van der Waals surface area contributed by atoms with E-state index >= 15 is 0 Å². The van der Waals surface area contributed by atoms with Gasteiger partial charge >= 0.3 is 12.1 Å². The van der Waals surface area contributed by atoms with E-state index in [0.717, 1.165) is 16.6 Å². The Morgan fingerprint density at radius 2 is 2.03 bits per heavy atom. The molecule has 1 saturated heterocycles. The summed E-state index contributed by atoms with van der Waals surface area (Å²) in [6, 6.07) is 11.8. The molecular formula is C25H26F3NO4. The highest BCUT2D eigenvalue weighted by atomic mass is 19.4. The number of esters is 1. The lowest BCUT2D eigenvalue weighted by Gasteiger charge is -2.18. The summed E-state index contributed by atoms with van der Waals surface area (Å²) in [6.07, 6.45) is -3.02. The van der Waals surface area contributed by atoms with Crippen molar-refractivity contribution in [2.45, 2.75) is 44.9 Å². The lowest BCUT2D eigenvalue weighted by molar-refractivity contribution is -0.143. The number of aryl methyl sites for hydroxylation is 1. The second-order valence-corrected chi connectivity index (χ2v) is 8.12. The highest BCUT2D eigenvalue weighted by molar-refractivity contribution is 5.82. The molecule has 1 unspecified atom stereocenters. The minimum atomic E-state index is -4.43. The fourth-order valence-electron chi connectivity index (χ4n) is 4.11. The smallest absolute Gasteiger partial charge is 0.416 e. The zero-order valence-electron chi connectivity index (χ0n) is 18.3. The predicted octanol–water partition coefficient (Wildman–Crippen LogP) is 5.77. The number of carbonyl (C=O) groups excluding carboxylic acids is 1. The SMILES string of the molecule is CCOC(=O)CCc1cc2cc(OCc3ccc(C4CCOC4)c(C(F)(F)F)c3)ccc2[nH]1. The Labute approximate surface area is 189 Å². The van der Waals surface area contributed by atoms with Gasteiger partial charge in [0, 0.05) is 29.1 Å². The zero-order chi connectivity index (χ0) is 23.4. The highest BCUT2D eigenvalue weighted by Gasteiger charge is 2.36. The molecule has 0 spiro atoms. The largest absolute Gasteiger partial charge is 0.489 e. The number of rotatable bonds is 8. The molecule has 1 aliphatic rings. The van der Waals surface area contributed by atoms with Crippen LogP contribution in [0.25, 0.3) is 10.9 Å². The number of hydrogen-bond acceptors (Lipinski definition) is 4. The zero-order valence-corrected chi connectivity index (χ0v) is 18.3. The first kappa shape index (κ1) is 23.2. The lowest BCUT2D eigenvalue weighted by atomic mass is 9.92. The van der Waals surface area contributed by atoms with E-state index in [1.54, 1.807) is 25.1 Å². The minimum absolute atomic E-state index is 0.0240. The van der Waals surface area contributed by atoms with Crippen LogP contribution in [-0.4, -0.2) is 30.8 Å². The number of aromatic amines is 1. The van der Waals surface area contributed by atoms with Crippen molar-refractivity contribution in [2.75, 3.05) is 19.8 Å². The number of alkyl halides is 3. The van der Waals surface area contributed by atoms with Gasteiger partial charge in [-0.2, -0.15) is 13.2 Å². The third-order valence-electron chi connectivity index (χ3n) is 5.75. The van der Waals surface area contributed by atoms with Gasteiger partial charge in [-0.05, 0) is 61.2 Å². The van der Waals surface area contributed by atoms with Gasteiger partial charge < -0.3 is 19.2 Å². The van der Waals surface area contributed by atoms with Crippen LogP contribution in [0.3, 0.4) is 0 Å². The van der Waals surface area contributed by atoms with Gasteiger partial charge in [-0.3, -0.25) is 4.79 Å². The maximum absolute atomic E-state index is 13.7. The molecule has 1 atom stereocenters. The molecule has 2 aromatic carbocycles. The Morgan fingerprint density at radius 1 is 1.18 bits per heavy atom. The molecule has 33 heavy (non-hydrogen) atoms. The van der Waals surface area contributed by atoms with E-state index in [1.807, 2.05) is 18.2 Å². The van der Waals surface area contributed by atoms with Gasteiger partial charge in [0.15, 0.2) is 0 Å². The molecule has 5 nitrogen and oxygen atoms in total. The minimum Gasteiger partial charge on any atom is -0.489 e. The highest BCUT2D eigenvalue weighted by Crippen LogP contribution is 2.38. The summed E-state index contributed by atoms with van der Waals surface area (Å²) in [4.78, 5) is 14.8. The summed E-state index contributed by atoms with van der Waals surface area (Å²) in [5, 5.41) is 0.902.